The molecule has 2 saturated heterocycles. The van der Waals surface area contributed by atoms with Crippen molar-refractivity contribution in [1.82, 2.24) is 14.9 Å². The Morgan fingerprint density at radius 1 is 0.927 bits per heavy atom. The van der Waals surface area contributed by atoms with Crippen molar-refractivity contribution in [1.29, 1.82) is 0 Å². The topological polar surface area (TPSA) is 125 Å². The van der Waals surface area contributed by atoms with Crippen molar-refractivity contribution < 1.29 is 33.1 Å². The van der Waals surface area contributed by atoms with Gasteiger partial charge < -0.3 is 14.9 Å². The van der Waals surface area contributed by atoms with Crippen LogP contribution in [0.2, 0.25) is 0 Å². The van der Waals surface area contributed by atoms with E-state index in [1.807, 2.05) is 66.9 Å². The minimum atomic E-state index is -4.01. The van der Waals surface area contributed by atoms with Gasteiger partial charge in [0.2, 0.25) is 11.8 Å². The summed E-state index contributed by atoms with van der Waals surface area (Å²) in [6.07, 6.45) is 4.35. The number of carbonyl (C=O) groups is 3. The van der Waals surface area contributed by atoms with E-state index in [-0.39, 0.29) is 25.0 Å². The first-order valence-electron chi connectivity index (χ1n) is 13.9. The minimum Gasteiger partial charge on any atom is -0.480 e. The Hall–Kier alpha value is -2.69. The molecule has 0 aliphatic carbocycles. The number of carbonyl (C=O) groups excluding carboxylic acids is 2. The molecule has 2 aliphatic heterocycles. The Labute approximate surface area is 245 Å². The second kappa shape index (κ2) is 15.0. The number of hydrogen-bond acceptors (Lipinski definition) is 7. The Balaban J connectivity index is 1.53. The van der Waals surface area contributed by atoms with Crippen molar-refractivity contribution in [2.75, 3.05) is 25.1 Å². The maximum Gasteiger partial charge on any atom is 0.406 e. The summed E-state index contributed by atoms with van der Waals surface area (Å²) in [5.74, 6) is -1.14. The van der Waals surface area contributed by atoms with Crippen molar-refractivity contribution in [2.24, 2.45) is 0 Å². The van der Waals surface area contributed by atoms with Gasteiger partial charge in [0.05, 0.1) is 19.3 Å². The maximum absolute atomic E-state index is 14.1. The fraction of sp³-hybridized carbons (Fsp3) is 0.483. The number of hydrogen-bond donors (Lipinski definition) is 2. The Morgan fingerprint density at radius 2 is 1.46 bits per heavy atom. The van der Waals surface area contributed by atoms with Crippen molar-refractivity contribution in [2.45, 2.75) is 63.4 Å². The molecule has 2 N–H and O–H groups in total. The number of carboxylic acids is 1. The van der Waals surface area contributed by atoms with Gasteiger partial charge in [0.1, 0.15) is 12.1 Å². The lowest BCUT2D eigenvalue weighted by Gasteiger charge is -2.33. The Bertz CT molecular complexity index is 1170. The number of benzene rings is 2. The van der Waals surface area contributed by atoms with Crippen molar-refractivity contribution in [3.05, 3.63) is 71.8 Å². The average molecular weight is 604 g/mol. The van der Waals surface area contributed by atoms with E-state index in [0.29, 0.717) is 50.9 Å². The van der Waals surface area contributed by atoms with Gasteiger partial charge in [0, 0.05) is 13.1 Å². The summed E-state index contributed by atoms with van der Waals surface area (Å²) >= 11 is 1.54. The molecular weight excluding hydrogens is 565 g/mol. The molecule has 2 aromatic carbocycles. The molecule has 41 heavy (non-hydrogen) atoms. The average Bonchev–Trinajstić information content (AvgIpc) is 3.69. The van der Waals surface area contributed by atoms with Crippen LogP contribution in [0.15, 0.2) is 60.7 Å². The van der Waals surface area contributed by atoms with E-state index in [4.69, 9.17) is 9.05 Å². The normalized spacial score (nSPS) is 19.8. The molecule has 0 bridgehead atoms. The highest BCUT2D eigenvalue weighted by molar-refractivity contribution is 7.98. The first-order chi connectivity index (χ1) is 19.8. The number of rotatable bonds is 14. The monoisotopic (exact) mass is 603 g/mol. The number of nitrogens with zero attached hydrogens (tertiary/aromatic N) is 2. The van der Waals surface area contributed by atoms with Crippen LogP contribution in [0.4, 0.5) is 0 Å². The summed E-state index contributed by atoms with van der Waals surface area (Å²) in [5, 5.41) is 12.5. The van der Waals surface area contributed by atoms with Gasteiger partial charge in [-0.1, -0.05) is 60.7 Å². The Kier molecular flexibility index (Phi) is 11.4. The van der Waals surface area contributed by atoms with Crippen LogP contribution in [-0.2, 0) is 41.2 Å². The lowest BCUT2D eigenvalue weighted by molar-refractivity contribution is -0.152. The number of nitrogens with one attached hydrogen (secondary N) is 1. The fourth-order valence-electron chi connectivity index (χ4n) is 5.22. The molecule has 2 amide bonds. The molecule has 2 aromatic rings. The highest BCUT2D eigenvalue weighted by atomic mass is 32.2. The predicted molar refractivity (Wildman–Crippen MR) is 157 cm³/mol. The number of carboxylic acid groups (broad SMARTS) is 1. The predicted octanol–water partition coefficient (Wildman–Crippen LogP) is 4.31. The third-order valence-electron chi connectivity index (χ3n) is 7.35. The zero-order valence-corrected chi connectivity index (χ0v) is 24.9. The van der Waals surface area contributed by atoms with Crippen LogP contribution in [0.3, 0.4) is 0 Å². The van der Waals surface area contributed by atoms with Gasteiger partial charge in [0.15, 0.2) is 0 Å². The van der Waals surface area contributed by atoms with Crippen molar-refractivity contribution >= 4 is 37.3 Å². The molecule has 0 spiro atoms. The summed E-state index contributed by atoms with van der Waals surface area (Å²) in [6, 6.07) is 16.0. The fourth-order valence-corrected chi connectivity index (χ4v) is 7.17. The van der Waals surface area contributed by atoms with E-state index in [1.54, 1.807) is 11.8 Å². The van der Waals surface area contributed by atoms with Crippen LogP contribution in [-0.4, -0.2) is 75.9 Å². The summed E-state index contributed by atoms with van der Waals surface area (Å²) < 4.78 is 25.8. The highest BCUT2D eigenvalue weighted by Gasteiger charge is 2.44. The van der Waals surface area contributed by atoms with Crippen LogP contribution in [0, 0.1) is 0 Å². The first-order valence-corrected chi connectivity index (χ1v) is 16.8. The van der Waals surface area contributed by atoms with Gasteiger partial charge >= 0.3 is 13.7 Å². The van der Waals surface area contributed by atoms with Gasteiger partial charge in [-0.2, -0.15) is 11.8 Å². The number of thioether (sulfide) groups is 1. The van der Waals surface area contributed by atoms with E-state index in [0.717, 1.165) is 11.1 Å². The molecule has 222 valence electrons. The second-order valence-electron chi connectivity index (χ2n) is 10.2. The molecule has 4 rings (SSSR count). The van der Waals surface area contributed by atoms with E-state index in [1.165, 1.54) is 9.80 Å². The van der Waals surface area contributed by atoms with Gasteiger partial charge in [-0.15, -0.1) is 0 Å². The summed E-state index contributed by atoms with van der Waals surface area (Å²) in [5.41, 5.74) is 1.60. The quantitative estimate of drug-likeness (QED) is 0.304. The standard InChI is InChI=1S/C29H38N3O7PS/c1-41-19-16-24(27(33)31-17-8-14-25(31)28(34)32-18-9-15-26(32)29(35)36)30-40(37,38-20-22-10-4-2-5-11-22)39-21-23-12-6-3-7-13-23/h2-7,10-13,24-26H,8-9,14-21H2,1H3,(H,30,37)(H,35,36). The molecule has 0 radical (unpaired) electrons. The summed E-state index contributed by atoms with van der Waals surface area (Å²) in [7, 11) is -4.01. The van der Waals surface area contributed by atoms with Crippen LogP contribution in [0.1, 0.15) is 43.2 Å². The van der Waals surface area contributed by atoms with E-state index in [9.17, 15) is 24.1 Å². The van der Waals surface area contributed by atoms with Crippen molar-refractivity contribution in [3.8, 4) is 0 Å². The van der Waals surface area contributed by atoms with Crippen LogP contribution < -0.4 is 5.09 Å². The smallest absolute Gasteiger partial charge is 0.406 e. The molecule has 2 aliphatic rings. The molecule has 10 nitrogen and oxygen atoms in total. The van der Waals surface area contributed by atoms with Gasteiger partial charge in [-0.3, -0.25) is 18.6 Å². The Morgan fingerprint density at radius 3 is 2.00 bits per heavy atom. The third kappa shape index (κ3) is 8.42. The van der Waals surface area contributed by atoms with Gasteiger partial charge in [-0.25, -0.2) is 14.4 Å². The zero-order valence-electron chi connectivity index (χ0n) is 23.2. The van der Waals surface area contributed by atoms with E-state index < -0.39 is 31.8 Å². The molecule has 0 saturated carbocycles. The third-order valence-corrected chi connectivity index (χ3v) is 9.56. The largest absolute Gasteiger partial charge is 0.480 e. The lowest BCUT2D eigenvalue weighted by Crippen LogP contribution is -2.54. The molecule has 0 aromatic heterocycles. The first kappa shape index (κ1) is 31.3. The van der Waals surface area contributed by atoms with E-state index >= 15 is 0 Å². The maximum atomic E-state index is 14.1. The SMILES string of the molecule is CSCCC(NP(=O)(OCc1ccccc1)OCc1ccccc1)C(=O)N1CCCC1C(=O)N1CCCC1C(=O)O. The molecule has 2 fully saturated rings. The molecule has 3 atom stereocenters. The van der Waals surface area contributed by atoms with Crippen LogP contribution in [0.5, 0.6) is 0 Å². The highest BCUT2D eigenvalue weighted by Crippen LogP contribution is 2.46. The molecule has 3 unspecified atom stereocenters. The summed E-state index contributed by atoms with van der Waals surface area (Å²) in [6.45, 7) is 0.746. The van der Waals surface area contributed by atoms with E-state index in [2.05, 4.69) is 5.09 Å². The molecule has 2 heterocycles. The number of aliphatic carboxylic acids is 1. The number of amides is 2. The van der Waals surface area contributed by atoms with Gasteiger partial charge in [0.25, 0.3) is 0 Å². The minimum absolute atomic E-state index is 0.0136. The summed E-state index contributed by atoms with van der Waals surface area (Å²) in [4.78, 5) is 42.0. The molecular formula is C29H38N3O7PS. The van der Waals surface area contributed by atoms with Gasteiger partial charge in [-0.05, 0) is 55.2 Å². The second-order valence-corrected chi connectivity index (χ2v) is 13.0. The number of likely N-dealkylation sites (tertiary alicyclic amines) is 2. The zero-order chi connectivity index (χ0) is 29.2. The van der Waals surface area contributed by atoms with Crippen LogP contribution in [0.25, 0.3) is 0 Å². The van der Waals surface area contributed by atoms with Crippen LogP contribution >= 0.6 is 19.5 Å². The molecule has 12 heteroatoms. The van der Waals surface area contributed by atoms with Crippen molar-refractivity contribution in [3.63, 3.8) is 0 Å². The lowest BCUT2D eigenvalue weighted by atomic mass is 10.1.